The van der Waals surface area contributed by atoms with Gasteiger partial charge in [0.15, 0.2) is 0 Å². The SMILES string of the molecule is C(=N\[Si](c1ccccc1)(c1ccccc1)c1ccccc1)/c1ccc(/C=N/[Si](c2ccccc2)(c2ccccc2)c2ccccc2)s1.[Cl][Fe][Cl]. The Morgan fingerprint density at radius 2 is 0.560 bits per heavy atom. The van der Waals surface area contributed by atoms with Crippen molar-refractivity contribution in [2.45, 2.75) is 0 Å². The molecule has 0 unspecified atom stereocenters. The minimum atomic E-state index is -2.73. The molecule has 7 rings (SSSR count). The molecule has 0 amide bonds. The molecule has 0 aliphatic heterocycles. The van der Waals surface area contributed by atoms with E-state index in [2.05, 4.69) is 207 Å². The van der Waals surface area contributed by atoms with Crippen LogP contribution in [0.15, 0.2) is 203 Å². The molecule has 8 heteroatoms. The van der Waals surface area contributed by atoms with Crippen LogP contribution in [0, 0.1) is 0 Å². The molecule has 0 atom stereocenters. The van der Waals surface area contributed by atoms with E-state index in [0.717, 1.165) is 9.75 Å². The fraction of sp³-hybridized carbons (Fsp3) is 0. The second-order valence-electron chi connectivity index (χ2n) is 11.4. The Bertz CT molecular complexity index is 1760. The van der Waals surface area contributed by atoms with E-state index in [-0.39, 0.29) is 13.1 Å². The zero-order valence-electron chi connectivity index (χ0n) is 27.0. The quantitative estimate of drug-likeness (QED) is 0.0792. The average molecular weight is 782 g/mol. The van der Waals surface area contributed by atoms with Crippen LogP contribution in [0.4, 0.5) is 0 Å². The van der Waals surface area contributed by atoms with E-state index in [1.165, 1.54) is 31.1 Å². The Morgan fingerprint density at radius 3 is 0.760 bits per heavy atom. The molecule has 7 aromatic rings. The van der Waals surface area contributed by atoms with Crippen molar-refractivity contribution in [3.8, 4) is 0 Å². The van der Waals surface area contributed by atoms with Gasteiger partial charge in [-0.05, 0) is 43.3 Å². The molecule has 248 valence electrons. The predicted molar refractivity (Wildman–Crippen MR) is 219 cm³/mol. The van der Waals surface area contributed by atoms with Gasteiger partial charge in [-0.15, -0.1) is 11.3 Å². The summed E-state index contributed by atoms with van der Waals surface area (Å²) in [5, 5.41) is 7.56. The summed E-state index contributed by atoms with van der Waals surface area (Å²) < 4.78 is 11.2. The standard InChI is InChI=1S/C42H34N2SSi2.2ClH.Fe/c1-7-19-37(20-8-1)46(38-21-9-2-10-22-38,39-23-11-3-12-24-39)43-33-35-31-32-36(45-35)34-44-47(40-25-13-4-14-26-40,41-27-15-5-16-28-41)42-29-17-6-18-30-42;;;/h1-34H;2*1H;/q;;;+2/p-2/b43-33+,44-34+;;;. The Labute approximate surface area is 315 Å². The van der Waals surface area contributed by atoms with E-state index in [1.807, 2.05) is 0 Å². The zero-order chi connectivity index (χ0) is 34.5. The van der Waals surface area contributed by atoms with Gasteiger partial charge in [0.25, 0.3) is 16.5 Å². The van der Waals surface area contributed by atoms with Gasteiger partial charge in [-0.3, -0.25) is 0 Å². The molecule has 0 fully saturated rings. The number of hydrogen-bond donors (Lipinski definition) is 0. The molecule has 0 saturated heterocycles. The molecule has 50 heavy (non-hydrogen) atoms. The number of benzene rings is 6. The molecule has 0 aliphatic rings. The molecule has 2 nitrogen and oxygen atoms in total. The average Bonchev–Trinajstić information content (AvgIpc) is 3.66. The van der Waals surface area contributed by atoms with Crippen molar-refractivity contribution in [3.05, 3.63) is 204 Å². The van der Waals surface area contributed by atoms with Gasteiger partial charge in [-0.1, -0.05) is 182 Å². The first-order chi connectivity index (χ1) is 24.7. The third-order valence-corrected chi connectivity index (χ3v) is 17.6. The normalized spacial score (nSPS) is 11.8. The molecule has 0 saturated carbocycles. The summed E-state index contributed by atoms with van der Waals surface area (Å²) in [7, 11) is 4.07. The first-order valence-corrected chi connectivity index (χ1v) is 23.8. The fourth-order valence-electron chi connectivity index (χ4n) is 6.35. The number of rotatable bonds is 10. The van der Waals surface area contributed by atoms with Crippen LogP contribution in [0.25, 0.3) is 0 Å². The van der Waals surface area contributed by atoms with Crippen LogP contribution < -0.4 is 31.1 Å². The first kappa shape index (κ1) is 35.7. The Kier molecular flexibility index (Phi) is 12.6. The molecule has 0 aliphatic carbocycles. The summed E-state index contributed by atoms with van der Waals surface area (Å²) in [6.45, 7) is 0. The third kappa shape index (κ3) is 7.93. The number of halogens is 2. The van der Waals surface area contributed by atoms with Crippen molar-refractivity contribution in [2.24, 2.45) is 9.32 Å². The molecule has 0 N–H and O–H groups in total. The van der Waals surface area contributed by atoms with Crippen molar-refractivity contribution in [1.29, 1.82) is 0 Å². The molecular formula is C42H34Cl2FeN2SSi2. The fourth-order valence-corrected chi connectivity index (χ4v) is 14.9. The Balaban J connectivity index is 0.00000139. The first-order valence-electron chi connectivity index (χ1n) is 16.1. The van der Waals surface area contributed by atoms with E-state index in [9.17, 15) is 0 Å². The van der Waals surface area contributed by atoms with Crippen molar-refractivity contribution >= 4 is 91.6 Å². The summed E-state index contributed by atoms with van der Waals surface area (Å²) in [6.07, 6.45) is 4.19. The van der Waals surface area contributed by atoms with Crippen LogP contribution in [-0.2, 0) is 13.1 Å². The van der Waals surface area contributed by atoms with E-state index in [1.54, 1.807) is 11.3 Å². The Hall–Kier alpha value is -4.11. The number of nitrogens with zero attached hydrogens (tertiary/aromatic N) is 2. The third-order valence-electron chi connectivity index (χ3n) is 8.57. The summed E-state index contributed by atoms with van der Waals surface area (Å²) in [4.78, 5) is 2.22. The topological polar surface area (TPSA) is 24.7 Å². The van der Waals surface area contributed by atoms with E-state index in [0.29, 0.717) is 0 Å². The van der Waals surface area contributed by atoms with E-state index in [4.69, 9.17) is 29.5 Å². The van der Waals surface area contributed by atoms with Gasteiger partial charge in [-0.25, -0.2) is 0 Å². The van der Waals surface area contributed by atoms with Crippen LogP contribution in [0.5, 0.6) is 0 Å². The predicted octanol–water partition coefficient (Wildman–Crippen LogP) is 7.30. The monoisotopic (exact) mass is 780 g/mol. The molecule has 6 aromatic carbocycles. The van der Waals surface area contributed by atoms with Crippen molar-refractivity contribution in [1.82, 2.24) is 0 Å². The summed E-state index contributed by atoms with van der Waals surface area (Å²) in [5.74, 6) is 0. The maximum absolute atomic E-state index is 5.59. The van der Waals surface area contributed by atoms with E-state index >= 15 is 0 Å². The van der Waals surface area contributed by atoms with Gasteiger partial charge in [0, 0.05) is 22.2 Å². The van der Waals surface area contributed by atoms with Crippen LogP contribution in [0.3, 0.4) is 0 Å². The summed E-state index contributed by atoms with van der Waals surface area (Å²) >= 11 is 1.93. The number of hydrogen-bond acceptors (Lipinski definition) is 3. The van der Waals surface area contributed by atoms with Gasteiger partial charge >= 0.3 is 33.3 Å². The van der Waals surface area contributed by atoms with E-state index < -0.39 is 16.5 Å². The van der Waals surface area contributed by atoms with Gasteiger partial charge in [0.05, 0.1) is 0 Å². The second-order valence-corrected chi connectivity index (χ2v) is 21.2. The second kappa shape index (κ2) is 17.7. The van der Waals surface area contributed by atoms with Gasteiger partial charge < -0.3 is 9.32 Å². The summed E-state index contributed by atoms with van der Waals surface area (Å²) in [6, 6.07) is 69.1. The van der Waals surface area contributed by atoms with Crippen LogP contribution in [0.2, 0.25) is 0 Å². The van der Waals surface area contributed by atoms with Crippen molar-refractivity contribution in [3.63, 3.8) is 0 Å². The molecular weight excluding hydrogens is 747 g/mol. The maximum atomic E-state index is 5.59. The summed E-state index contributed by atoms with van der Waals surface area (Å²) in [5.41, 5.74) is 0. The van der Waals surface area contributed by atoms with Gasteiger partial charge in [-0.2, -0.15) is 0 Å². The Morgan fingerprint density at radius 1 is 0.360 bits per heavy atom. The van der Waals surface area contributed by atoms with Gasteiger partial charge in [0.2, 0.25) is 0 Å². The number of thiophene rings is 1. The van der Waals surface area contributed by atoms with Crippen molar-refractivity contribution < 1.29 is 13.1 Å². The molecule has 0 radical (unpaired) electrons. The molecule has 0 bridgehead atoms. The zero-order valence-corrected chi connectivity index (χ0v) is 32.5. The van der Waals surface area contributed by atoms with Crippen molar-refractivity contribution in [2.75, 3.05) is 0 Å². The molecule has 0 spiro atoms. The van der Waals surface area contributed by atoms with Crippen LogP contribution >= 0.6 is 31.5 Å². The minimum absolute atomic E-state index is 0.194. The van der Waals surface area contributed by atoms with Crippen LogP contribution in [0.1, 0.15) is 9.75 Å². The molecule has 1 aromatic heterocycles. The van der Waals surface area contributed by atoms with Gasteiger partial charge in [0.1, 0.15) is 0 Å². The molecule has 1 heterocycles. The van der Waals surface area contributed by atoms with Crippen LogP contribution in [-0.4, -0.2) is 28.9 Å².